The number of carbonyl (C=O) groups is 1. The first-order valence-corrected chi connectivity index (χ1v) is 7.85. The van der Waals surface area contributed by atoms with Crippen LogP contribution < -0.4 is 5.32 Å². The van der Waals surface area contributed by atoms with Crippen molar-refractivity contribution in [3.8, 4) is 5.69 Å². The van der Waals surface area contributed by atoms with Gasteiger partial charge in [-0.2, -0.15) is 5.10 Å². The van der Waals surface area contributed by atoms with E-state index in [0.29, 0.717) is 5.69 Å². The van der Waals surface area contributed by atoms with E-state index >= 15 is 0 Å². The van der Waals surface area contributed by atoms with Crippen molar-refractivity contribution in [3.05, 3.63) is 65.3 Å². The van der Waals surface area contributed by atoms with Crippen molar-refractivity contribution < 1.29 is 9.32 Å². The molecule has 6 heteroatoms. The highest BCUT2D eigenvalue weighted by atomic mass is 16.5. The first-order valence-electron chi connectivity index (χ1n) is 7.85. The van der Waals surface area contributed by atoms with E-state index in [1.54, 1.807) is 6.07 Å². The molecule has 0 spiro atoms. The van der Waals surface area contributed by atoms with E-state index in [0.717, 1.165) is 22.6 Å². The second-order valence-corrected chi connectivity index (χ2v) is 5.89. The van der Waals surface area contributed by atoms with E-state index in [1.807, 2.05) is 55.8 Å². The number of aryl methyl sites for hydroxylation is 2. The van der Waals surface area contributed by atoms with E-state index in [-0.39, 0.29) is 18.4 Å². The first kappa shape index (κ1) is 16.0. The molecule has 0 aliphatic heterocycles. The second kappa shape index (κ2) is 6.70. The van der Waals surface area contributed by atoms with Crippen LogP contribution in [-0.2, 0) is 11.2 Å². The van der Waals surface area contributed by atoms with Crippen molar-refractivity contribution in [1.29, 1.82) is 0 Å². The number of benzene rings is 1. The lowest BCUT2D eigenvalue weighted by atomic mass is 10.1. The molecule has 6 nitrogen and oxygen atoms in total. The molecule has 1 amide bonds. The Kier molecular flexibility index (Phi) is 4.46. The molecule has 1 aromatic carbocycles. The number of hydrogen-bond donors (Lipinski definition) is 1. The Labute approximate surface area is 140 Å². The number of carbonyl (C=O) groups excluding carboxylic acids is 1. The lowest BCUT2D eigenvalue weighted by Gasteiger charge is -2.14. The van der Waals surface area contributed by atoms with Gasteiger partial charge in [-0.1, -0.05) is 17.3 Å². The first-order chi connectivity index (χ1) is 11.5. The molecule has 124 valence electrons. The van der Waals surface area contributed by atoms with E-state index in [4.69, 9.17) is 4.52 Å². The summed E-state index contributed by atoms with van der Waals surface area (Å²) in [7, 11) is 0. The maximum Gasteiger partial charge on any atom is 0.226 e. The normalized spacial score (nSPS) is 12.1. The smallest absolute Gasteiger partial charge is 0.226 e. The molecular formula is C18H20N4O2. The van der Waals surface area contributed by atoms with E-state index in [2.05, 4.69) is 15.6 Å². The summed E-state index contributed by atoms with van der Waals surface area (Å²) in [5, 5.41) is 11.2. The molecule has 0 bridgehead atoms. The van der Waals surface area contributed by atoms with Gasteiger partial charge >= 0.3 is 0 Å². The zero-order valence-electron chi connectivity index (χ0n) is 14.0. The average Bonchev–Trinajstić information content (AvgIpc) is 3.16. The van der Waals surface area contributed by atoms with Gasteiger partial charge in [0.15, 0.2) is 0 Å². The minimum Gasteiger partial charge on any atom is -0.364 e. The third-order valence-corrected chi connectivity index (χ3v) is 3.86. The van der Waals surface area contributed by atoms with Crippen LogP contribution in [-0.4, -0.2) is 20.8 Å². The van der Waals surface area contributed by atoms with Gasteiger partial charge in [-0.15, -0.1) is 0 Å². The quantitative estimate of drug-likeness (QED) is 0.783. The molecule has 1 unspecified atom stereocenters. The van der Waals surface area contributed by atoms with Crippen molar-refractivity contribution in [1.82, 2.24) is 20.3 Å². The molecule has 1 atom stereocenters. The lowest BCUT2D eigenvalue weighted by molar-refractivity contribution is -0.121. The van der Waals surface area contributed by atoms with E-state index < -0.39 is 0 Å². The Morgan fingerprint density at radius 3 is 2.58 bits per heavy atom. The largest absolute Gasteiger partial charge is 0.364 e. The van der Waals surface area contributed by atoms with Gasteiger partial charge in [0, 0.05) is 11.8 Å². The molecule has 0 aliphatic rings. The minimum atomic E-state index is -0.0843. The van der Waals surface area contributed by atoms with Crippen LogP contribution in [0.3, 0.4) is 0 Å². The Bertz CT molecular complexity index is 819. The van der Waals surface area contributed by atoms with Crippen molar-refractivity contribution in [3.63, 3.8) is 0 Å². The maximum absolute atomic E-state index is 12.0. The fourth-order valence-electron chi connectivity index (χ4n) is 2.66. The molecule has 0 saturated carbocycles. The van der Waals surface area contributed by atoms with Crippen LogP contribution in [0, 0.1) is 13.8 Å². The highest BCUT2D eigenvalue weighted by molar-refractivity contribution is 5.78. The van der Waals surface area contributed by atoms with Crippen LogP contribution in [0.2, 0.25) is 0 Å². The van der Waals surface area contributed by atoms with Crippen LogP contribution in [0.25, 0.3) is 5.69 Å². The summed E-state index contributed by atoms with van der Waals surface area (Å²) in [6.07, 6.45) is 1.68. The van der Waals surface area contributed by atoms with Gasteiger partial charge in [0.05, 0.1) is 29.5 Å². The minimum absolute atomic E-state index is 0.0842. The monoisotopic (exact) mass is 324 g/mol. The van der Waals surface area contributed by atoms with Gasteiger partial charge in [0.2, 0.25) is 5.91 Å². The topological polar surface area (TPSA) is 73.0 Å². The Morgan fingerprint density at radius 2 is 2.00 bits per heavy atom. The summed E-state index contributed by atoms with van der Waals surface area (Å²) >= 11 is 0. The molecule has 0 radical (unpaired) electrons. The van der Waals surface area contributed by atoms with Gasteiger partial charge in [0.25, 0.3) is 0 Å². The summed E-state index contributed by atoms with van der Waals surface area (Å²) in [4.78, 5) is 12.0. The second-order valence-electron chi connectivity index (χ2n) is 5.89. The zero-order chi connectivity index (χ0) is 17.1. The molecule has 1 N–H and O–H groups in total. The third kappa shape index (κ3) is 3.53. The third-order valence-electron chi connectivity index (χ3n) is 3.86. The Morgan fingerprint density at radius 1 is 1.25 bits per heavy atom. The molecule has 24 heavy (non-hydrogen) atoms. The van der Waals surface area contributed by atoms with E-state index in [1.165, 1.54) is 6.26 Å². The van der Waals surface area contributed by atoms with Crippen molar-refractivity contribution >= 4 is 5.91 Å². The summed E-state index contributed by atoms with van der Waals surface area (Å²) < 4.78 is 6.64. The number of hydrogen-bond acceptors (Lipinski definition) is 4. The van der Waals surface area contributed by atoms with Crippen LogP contribution in [0.4, 0.5) is 0 Å². The predicted octanol–water partition coefficient (Wildman–Crippen LogP) is 2.90. The number of amides is 1. The van der Waals surface area contributed by atoms with Crippen LogP contribution in [0.1, 0.15) is 35.6 Å². The lowest BCUT2D eigenvalue weighted by Crippen LogP contribution is -2.28. The highest BCUT2D eigenvalue weighted by Crippen LogP contribution is 2.17. The van der Waals surface area contributed by atoms with Crippen molar-refractivity contribution in [2.75, 3.05) is 0 Å². The van der Waals surface area contributed by atoms with Crippen LogP contribution in [0.5, 0.6) is 0 Å². The molecular weight excluding hydrogens is 304 g/mol. The molecule has 2 aromatic heterocycles. The van der Waals surface area contributed by atoms with Crippen LogP contribution in [0.15, 0.2) is 47.2 Å². The summed E-state index contributed by atoms with van der Waals surface area (Å²) in [6, 6.07) is 11.7. The van der Waals surface area contributed by atoms with Gasteiger partial charge in [0.1, 0.15) is 6.26 Å². The van der Waals surface area contributed by atoms with Crippen LogP contribution >= 0.6 is 0 Å². The fourth-order valence-corrected chi connectivity index (χ4v) is 2.66. The Hall–Kier alpha value is -2.89. The molecule has 3 rings (SSSR count). The highest BCUT2D eigenvalue weighted by Gasteiger charge is 2.12. The average molecular weight is 324 g/mol. The zero-order valence-corrected chi connectivity index (χ0v) is 14.0. The predicted molar refractivity (Wildman–Crippen MR) is 89.8 cm³/mol. The van der Waals surface area contributed by atoms with Gasteiger partial charge in [-0.05, 0) is 44.5 Å². The van der Waals surface area contributed by atoms with Crippen molar-refractivity contribution in [2.45, 2.75) is 33.2 Å². The van der Waals surface area contributed by atoms with Crippen molar-refractivity contribution in [2.24, 2.45) is 0 Å². The molecule has 0 fully saturated rings. The summed E-state index contributed by atoms with van der Waals surface area (Å²) in [6.45, 7) is 5.96. The standard InChI is InChI=1S/C18H20N4O2/c1-12-10-13(2)22(20-12)17-6-4-15(5-7-17)14(3)19-18(23)11-16-8-9-24-21-16/h4-10,14H,11H2,1-3H3,(H,19,23). The number of nitrogens with one attached hydrogen (secondary N) is 1. The number of nitrogens with zero attached hydrogens (tertiary/aromatic N) is 3. The van der Waals surface area contributed by atoms with E-state index in [9.17, 15) is 4.79 Å². The molecule has 3 aromatic rings. The fraction of sp³-hybridized carbons (Fsp3) is 0.278. The maximum atomic E-state index is 12.0. The van der Waals surface area contributed by atoms with Gasteiger partial charge in [-0.3, -0.25) is 4.79 Å². The molecule has 0 aliphatic carbocycles. The summed E-state index contributed by atoms with van der Waals surface area (Å²) in [5.74, 6) is -0.0842. The number of aromatic nitrogens is 3. The molecule has 0 saturated heterocycles. The Balaban J connectivity index is 1.66. The van der Waals surface area contributed by atoms with Gasteiger partial charge in [-0.25, -0.2) is 4.68 Å². The summed E-state index contributed by atoms with van der Waals surface area (Å²) in [5.41, 5.74) is 4.75. The SMILES string of the molecule is Cc1cc(C)n(-c2ccc(C(C)NC(=O)Cc3ccon3)cc2)n1. The van der Waals surface area contributed by atoms with Gasteiger partial charge < -0.3 is 9.84 Å². The molecule has 2 heterocycles. The number of rotatable bonds is 5.